The van der Waals surface area contributed by atoms with E-state index in [1.807, 2.05) is 0 Å². The Balaban J connectivity index is 1.92. The van der Waals surface area contributed by atoms with E-state index in [0.29, 0.717) is 0 Å². The Bertz CT molecular complexity index is 179. The lowest BCUT2D eigenvalue weighted by atomic mass is 10.1. The quantitative estimate of drug-likeness (QED) is 0.608. The summed E-state index contributed by atoms with van der Waals surface area (Å²) in [6.45, 7) is 3.45. The van der Waals surface area contributed by atoms with Crippen LogP contribution in [0, 0.1) is 5.92 Å². The predicted octanol–water partition coefficient (Wildman–Crippen LogP) is 0.529. The summed E-state index contributed by atoms with van der Waals surface area (Å²) < 4.78 is 4.96. The van der Waals surface area contributed by atoms with E-state index in [9.17, 15) is 4.79 Å². The van der Waals surface area contributed by atoms with Gasteiger partial charge < -0.3 is 15.4 Å². The SMILES string of the molecule is COCCCCCNC(=O)C1CCNC1. The summed E-state index contributed by atoms with van der Waals surface area (Å²) in [5.74, 6) is 0.413. The highest BCUT2D eigenvalue weighted by molar-refractivity contribution is 5.79. The van der Waals surface area contributed by atoms with Gasteiger partial charge in [-0.2, -0.15) is 0 Å². The molecule has 2 N–H and O–H groups in total. The van der Waals surface area contributed by atoms with Gasteiger partial charge in [0.2, 0.25) is 5.91 Å². The van der Waals surface area contributed by atoms with Crippen molar-refractivity contribution in [1.29, 1.82) is 0 Å². The number of carbonyl (C=O) groups is 1. The number of carbonyl (C=O) groups excluding carboxylic acids is 1. The third-order valence-corrected chi connectivity index (χ3v) is 2.76. The first-order valence-electron chi connectivity index (χ1n) is 5.82. The van der Waals surface area contributed by atoms with Crippen molar-refractivity contribution < 1.29 is 9.53 Å². The highest BCUT2D eigenvalue weighted by Crippen LogP contribution is 2.06. The molecule has 1 heterocycles. The number of methoxy groups -OCH3 is 1. The number of hydrogen-bond acceptors (Lipinski definition) is 3. The number of amides is 1. The van der Waals surface area contributed by atoms with E-state index in [1.54, 1.807) is 7.11 Å². The van der Waals surface area contributed by atoms with E-state index in [0.717, 1.165) is 51.9 Å². The Hall–Kier alpha value is -0.610. The number of rotatable bonds is 7. The van der Waals surface area contributed by atoms with Gasteiger partial charge in [-0.25, -0.2) is 0 Å². The van der Waals surface area contributed by atoms with Gasteiger partial charge in [0.25, 0.3) is 0 Å². The molecule has 1 amide bonds. The standard InChI is InChI=1S/C11H22N2O2/c1-15-8-4-2-3-6-13-11(14)10-5-7-12-9-10/h10,12H,2-9H2,1H3,(H,13,14). The first-order valence-corrected chi connectivity index (χ1v) is 5.82. The molecule has 1 saturated heterocycles. The van der Waals surface area contributed by atoms with Crippen molar-refractivity contribution in [2.24, 2.45) is 5.92 Å². The lowest BCUT2D eigenvalue weighted by Gasteiger charge is -2.09. The summed E-state index contributed by atoms with van der Waals surface area (Å²) in [4.78, 5) is 11.6. The Morgan fingerprint density at radius 3 is 3.00 bits per heavy atom. The van der Waals surface area contributed by atoms with Gasteiger partial charge in [0, 0.05) is 26.8 Å². The predicted molar refractivity (Wildman–Crippen MR) is 59.7 cm³/mol. The zero-order chi connectivity index (χ0) is 10.9. The fourth-order valence-electron chi connectivity index (χ4n) is 1.78. The highest BCUT2D eigenvalue weighted by atomic mass is 16.5. The molecule has 0 spiro atoms. The summed E-state index contributed by atoms with van der Waals surface area (Å²) in [7, 11) is 1.72. The molecule has 4 heteroatoms. The van der Waals surface area contributed by atoms with Crippen LogP contribution in [0.15, 0.2) is 0 Å². The van der Waals surface area contributed by atoms with Gasteiger partial charge in [0.05, 0.1) is 5.92 Å². The third kappa shape index (κ3) is 5.14. The fourth-order valence-corrected chi connectivity index (χ4v) is 1.78. The van der Waals surface area contributed by atoms with Crippen molar-refractivity contribution in [3.05, 3.63) is 0 Å². The number of nitrogens with one attached hydrogen (secondary N) is 2. The minimum atomic E-state index is 0.198. The Labute approximate surface area is 91.8 Å². The second-order valence-corrected chi connectivity index (χ2v) is 4.03. The van der Waals surface area contributed by atoms with E-state index in [-0.39, 0.29) is 11.8 Å². The highest BCUT2D eigenvalue weighted by Gasteiger charge is 2.21. The maximum atomic E-state index is 11.6. The molecule has 88 valence electrons. The van der Waals surface area contributed by atoms with Crippen LogP contribution in [0.25, 0.3) is 0 Å². The minimum Gasteiger partial charge on any atom is -0.385 e. The maximum absolute atomic E-state index is 11.6. The molecule has 4 nitrogen and oxygen atoms in total. The zero-order valence-electron chi connectivity index (χ0n) is 9.55. The van der Waals surface area contributed by atoms with Crippen LogP contribution >= 0.6 is 0 Å². The lowest BCUT2D eigenvalue weighted by molar-refractivity contribution is -0.124. The van der Waals surface area contributed by atoms with Crippen LogP contribution in [0.4, 0.5) is 0 Å². The molecular formula is C11H22N2O2. The number of hydrogen-bond donors (Lipinski definition) is 2. The second-order valence-electron chi connectivity index (χ2n) is 4.03. The van der Waals surface area contributed by atoms with Crippen LogP contribution in [0.1, 0.15) is 25.7 Å². The third-order valence-electron chi connectivity index (χ3n) is 2.76. The lowest BCUT2D eigenvalue weighted by Crippen LogP contribution is -2.32. The van der Waals surface area contributed by atoms with Crippen molar-refractivity contribution in [3.63, 3.8) is 0 Å². The van der Waals surface area contributed by atoms with Gasteiger partial charge in [-0.05, 0) is 32.2 Å². The molecular weight excluding hydrogens is 192 g/mol. The summed E-state index contributed by atoms with van der Waals surface area (Å²) in [6, 6.07) is 0. The average molecular weight is 214 g/mol. The molecule has 0 aromatic rings. The Morgan fingerprint density at radius 2 is 2.33 bits per heavy atom. The van der Waals surface area contributed by atoms with Crippen LogP contribution in [0.2, 0.25) is 0 Å². The van der Waals surface area contributed by atoms with Crippen LogP contribution in [-0.4, -0.2) is 39.3 Å². The summed E-state index contributed by atoms with van der Waals surface area (Å²) >= 11 is 0. The topological polar surface area (TPSA) is 50.4 Å². The molecule has 0 bridgehead atoms. The largest absolute Gasteiger partial charge is 0.385 e. The van der Waals surface area contributed by atoms with Gasteiger partial charge in [-0.1, -0.05) is 0 Å². The zero-order valence-corrected chi connectivity index (χ0v) is 9.55. The molecule has 0 aromatic heterocycles. The van der Waals surface area contributed by atoms with E-state index < -0.39 is 0 Å². The molecule has 1 unspecified atom stereocenters. The minimum absolute atomic E-state index is 0.198. The van der Waals surface area contributed by atoms with E-state index in [1.165, 1.54) is 0 Å². The van der Waals surface area contributed by atoms with Crippen molar-refractivity contribution in [2.75, 3.05) is 33.4 Å². The molecule has 0 aromatic carbocycles. The fraction of sp³-hybridized carbons (Fsp3) is 0.909. The molecule has 1 fully saturated rings. The van der Waals surface area contributed by atoms with Crippen molar-refractivity contribution in [1.82, 2.24) is 10.6 Å². The monoisotopic (exact) mass is 214 g/mol. The van der Waals surface area contributed by atoms with Gasteiger partial charge in [0.15, 0.2) is 0 Å². The normalized spacial score (nSPS) is 20.5. The summed E-state index contributed by atoms with van der Waals surface area (Å²) in [5, 5.41) is 6.18. The van der Waals surface area contributed by atoms with Crippen molar-refractivity contribution in [2.45, 2.75) is 25.7 Å². The Kier molecular flexibility index (Phi) is 6.36. The molecule has 0 saturated carbocycles. The van der Waals surface area contributed by atoms with E-state index in [4.69, 9.17) is 4.74 Å². The first kappa shape index (κ1) is 12.5. The molecule has 0 radical (unpaired) electrons. The van der Waals surface area contributed by atoms with Crippen LogP contribution in [0.5, 0.6) is 0 Å². The average Bonchev–Trinajstić information content (AvgIpc) is 2.76. The smallest absolute Gasteiger partial charge is 0.224 e. The number of unbranched alkanes of at least 4 members (excludes halogenated alkanes) is 2. The van der Waals surface area contributed by atoms with Gasteiger partial charge in [-0.15, -0.1) is 0 Å². The molecule has 1 atom stereocenters. The molecule has 1 aliphatic heterocycles. The molecule has 1 aliphatic rings. The van der Waals surface area contributed by atoms with Gasteiger partial charge in [0.1, 0.15) is 0 Å². The molecule has 1 rings (SSSR count). The Morgan fingerprint density at radius 1 is 1.47 bits per heavy atom. The number of ether oxygens (including phenoxy) is 1. The summed E-state index contributed by atoms with van der Waals surface area (Å²) in [6.07, 6.45) is 4.24. The molecule has 0 aliphatic carbocycles. The van der Waals surface area contributed by atoms with Crippen molar-refractivity contribution in [3.8, 4) is 0 Å². The van der Waals surface area contributed by atoms with Gasteiger partial charge >= 0.3 is 0 Å². The van der Waals surface area contributed by atoms with Crippen LogP contribution < -0.4 is 10.6 Å². The first-order chi connectivity index (χ1) is 7.34. The van der Waals surface area contributed by atoms with E-state index in [2.05, 4.69) is 10.6 Å². The van der Waals surface area contributed by atoms with Crippen LogP contribution in [0.3, 0.4) is 0 Å². The van der Waals surface area contributed by atoms with Crippen molar-refractivity contribution >= 4 is 5.91 Å². The summed E-state index contributed by atoms with van der Waals surface area (Å²) in [5.41, 5.74) is 0. The van der Waals surface area contributed by atoms with Crippen LogP contribution in [-0.2, 0) is 9.53 Å². The maximum Gasteiger partial charge on any atom is 0.224 e. The second kappa shape index (κ2) is 7.65. The van der Waals surface area contributed by atoms with Gasteiger partial charge in [-0.3, -0.25) is 4.79 Å². The van der Waals surface area contributed by atoms with E-state index >= 15 is 0 Å². The molecule has 15 heavy (non-hydrogen) atoms.